The van der Waals surface area contributed by atoms with Crippen LogP contribution >= 0.6 is 0 Å². The number of nitrogens with one attached hydrogen (secondary N) is 2. The molecule has 0 saturated carbocycles. The third-order valence-corrected chi connectivity index (χ3v) is 5.62. The molecule has 12 heteroatoms. The average molecular weight is 490 g/mol. The molecule has 0 saturated heterocycles. The van der Waals surface area contributed by atoms with Gasteiger partial charge in [0.1, 0.15) is 23.1 Å². The zero-order chi connectivity index (χ0) is 25.1. The van der Waals surface area contributed by atoms with Crippen LogP contribution in [0.25, 0.3) is 0 Å². The summed E-state index contributed by atoms with van der Waals surface area (Å²) in [7, 11) is -1.72. The summed E-state index contributed by atoms with van der Waals surface area (Å²) in [4.78, 5) is 16.7. The number of rotatable bonds is 6. The van der Waals surface area contributed by atoms with Gasteiger partial charge in [0.2, 0.25) is 5.88 Å². The fraction of sp³-hybridized carbons (Fsp3) is 0.136. The zero-order valence-electron chi connectivity index (χ0n) is 17.8. The van der Waals surface area contributed by atoms with E-state index >= 15 is 0 Å². The van der Waals surface area contributed by atoms with Crippen molar-refractivity contribution >= 4 is 21.3 Å². The minimum absolute atomic E-state index is 0.0422. The molecule has 1 unspecified atom stereocenters. The Labute approximate surface area is 192 Å². The summed E-state index contributed by atoms with van der Waals surface area (Å²) >= 11 is 0. The van der Waals surface area contributed by atoms with E-state index in [1.165, 1.54) is 55.8 Å². The Hall–Kier alpha value is -4.11. The lowest BCUT2D eigenvalue weighted by Crippen LogP contribution is -2.16. The molecular weight excluding hydrogens is 473 g/mol. The molecule has 8 nitrogen and oxygen atoms in total. The number of ether oxygens (including phenoxy) is 2. The lowest BCUT2D eigenvalue weighted by Gasteiger charge is -2.14. The van der Waals surface area contributed by atoms with Crippen LogP contribution in [0, 0.1) is 16.1 Å². The van der Waals surface area contributed by atoms with Gasteiger partial charge in [-0.05, 0) is 36.4 Å². The number of alkyl halides is 3. The van der Waals surface area contributed by atoms with Crippen molar-refractivity contribution in [3.63, 3.8) is 0 Å². The van der Waals surface area contributed by atoms with E-state index in [0.717, 1.165) is 0 Å². The minimum atomic E-state index is -4.77. The number of halogens is 3. The number of hydrogen-bond donors (Lipinski definition) is 2. The molecule has 2 N–H and O–H groups in total. The van der Waals surface area contributed by atoms with Crippen LogP contribution < -0.4 is 14.8 Å². The van der Waals surface area contributed by atoms with Gasteiger partial charge < -0.3 is 14.8 Å². The van der Waals surface area contributed by atoms with E-state index in [1.807, 2.05) is 6.07 Å². The Morgan fingerprint density at radius 2 is 1.94 bits per heavy atom. The van der Waals surface area contributed by atoms with Crippen molar-refractivity contribution in [1.29, 1.82) is 10.0 Å². The smallest absolute Gasteiger partial charge is 0.417 e. The Morgan fingerprint density at radius 3 is 2.56 bits per heavy atom. The van der Waals surface area contributed by atoms with E-state index in [1.54, 1.807) is 0 Å². The molecule has 0 aliphatic heterocycles. The van der Waals surface area contributed by atoms with Crippen molar-refractivity contribution in [2.45, 2.75) is 11.1 Å². The molecule has 0 aliphatic carbocycles. The summed E-state index contributed by atoms with van der Waals surface area (Å²) in [5.41, 5.74) is -1.48. The summed E-state index contributed by atoms with van der Waals surface area (Å²) in [6, 6.07) is 12.2. The second-order valence-corrected chi connectivity index (χ2v) is 9.13. The van der Waals surface area contributed by atoms with Crippen LogP contribution in [0.3, 0.4) is 0 Å². The highest BCUT2D eigenvalue weighted by atomic mass is 32.2. The molecule has 1 atom stereocenters. The largest absolute Gasteiger partial charge is 0.495 e. The van der Waals surface area contributed by atoms with Crippen molar-refractivity contribution in [1.82, 2.24) is 4.98 Å². The number of carbonyl (C=O) groups is 1. The van der Waals surface area contributed by atoms with E-state index in [0.29, 0.717) is 12.3 Å². The van der Waals surface area contributed by atoms with Gasteiger partial charge in [0.25, 0.3) is 5.91 Å². The van der Waals surface area contributed by atoms with Gasteiger partial charge in [-0.25, -0.2) is 14.0 Å². The first kappa shape index (κ1) is 24.5. The fourth-order valence-corrected chi connectivity index (χ4v) is 3.51. The first-order valence-corrected chi connectivity index (χ1v) is 11.4. The van der Waals surface area contributed by atoms with Crippen LogP contribution in [0.2, 0.25) is 0 Å². The number of amides is 1. The topological polar surface area (TPSA) is 125 Å². The van der Waals surface area contributed by atoms with Crippen molar-refractivity contribution in [2.75, 3.05) is 18.7 Å². The molecule has 0 aliphatic rings. The molecule has 0 fully saturated rings. The molecular formula is C22H17F3N4O4S. The summed E-state index contributed by atoms with van der Waals surface area (Å²) in [6.07, 6.45) is -3.05. The maximum atomic E-state index is 13.3. The van der Waals surface area contributed by atoms with Crippen LogP contribution in [0.5, 0.6) is 17.4 Å². The molecule has 0 radical (unpaired) electrons. The van der Waals surface area contributed by atoms with Gasteiger partial charge in [0, 0.05) is 29.1 Å². The van der Waals surface area contributed by atoms with Gasteiger partial charge >= 0.3 is 6.18 Å². The SMILES string of the molecule is COc1ccc(Oc2ncc(C(F)(F)F)cc2C(=O)Nc2cccc(S(C)(=N)=O)c2)cc1C#N. The molecule has 34 heavy (non-hydrogen) atoms. The fourth-order valence-electron chi connectivity index (χ4n) is 2.82. The van der Waals surface area contributed by atoms with Crippen molar-refractivity contribution < 1.29 is 31.6 Å². The molecule has 1 aromatic heterocycles. The van der Waals surface area contributed by atoms with E-state index in [9.17, 15) is 27.4 Å². The highest BCUT2D eigenvalue weighted by molar-refractivity contribution is 7.91. The number of anilines is 1. The quantitative estimate of drug-likeness (QED) is 0.498. The Balaban J connectivity index is 2.01. The molecule has 1 amide bonds. The van der Waals surface area contributed by atoms with Gasteiger partial charge in [-0.1, -0.05) is 6.07 Å². The summed E-state index contributed by atoms with van der Waals surface area (Å²) in [6.45, 7) is 0. The van der Waals surface area contributed by atoms with E-state index in [-0.39, 0.29) is 27.6 Å². The molecule has 3 rings (SSSR count). The molecule has 176 valence electrons. The molecule has 0 bridgehead atoms. The van der Waals surface area contributed by atoms with E-state index in [4.69, 9.17) is 14.3 Å². The maximum absolute atomic E-state index is 13.3. The maximum Gasteiger partial charge on any atom is 0.417 e. The number of aromatic nitrogens is 1. The second kappa shape index (κ2) is 9.40. The number of nitriles is 1. The number of methoxy groups -OCH3 is 1. The Kier molecular flexibility index (Phi) is 6.78. The number of hydrogen-bond acceptors (Lipinski definition) is 7. The highest BCUT2D eigenvalue weighted by Crippen LogP contribution is 2.34. The predicted molar refractivity (Wildman–Crippen MR) is 116 cm³/mol. The van der Waals surface area contributed by atoms with Crippen LogP contribution in [-0.4, -0.2) is 28.5 Å². The van der Waals surface area contributed by atoms with Gasteiger partial charge in [0.15, 0.2) is 0 Å². The first-order valence-electron chi connectivity index (χ1n) is 9.41. The van der Waals surface area contributed by atoms with Gasteiger partial charge in [0.05, 0.1) is 28.0 Å². The normalized spacial score (nSPS) is 12.8. The molecule has 1 heterocycles. The summed E-state index contributed by atoms with van der Waals surface area (Å²) < 4.78 is 70.0. The van der Waals surface area contributed by atoms with E-state index in [2.05, 4.69) is 10.3 Å². The zero-order valence-corrected chi connectivity index (χ0v) is 18.6. The van der Waals surface area contributed by atoms with Crippen LogP contribution in [0.1, 0.15) is 21.5 Å². The van der Waals surface area contributed by atoms with E-state index < -0.39 is 38.8 Å². The lowest BCUT2D eigenvalue weighted by molar-refractivity contribution is -0.137. The minimum Gasteiger partial charge on any atom is -0.495 e. The van der Waals surface area contributed by atoms with Gasteiger partial charge in [-0.3, -0.25) is 4.79 Å². The van der Waals surface area contributed by atoms with Gasteiger partial charge in [-0.15, -0.1) is 0 Å². The highest BCUT2D eigenvalue weighted by Gasteiger charge is 2.33. The number of pyridine rings is 1. The Morgan fingerprint density at radius 1 is 1.21 bits per heavy atom. The third kappa shape index (κ3) is 5.62. The monoisotopic (exact) mass is 490 g/mol. The Bertz CT molecular complexity index is 1400. The molecule has 3 aromatic rings. The lowest BCUT2D eigenvalue weighted by atomic mass is 10.1. The molecule has 0 spiro atoms. The summed E-state index contributed by atoms with van der Waals surface area (Å²) in [5, 5.41) is 11.6. The van der Waals surface area contributed by atoms with Crippen LogP contribution in [0.15, 0.2) is 59.6 Å². The first-order chi connectivity index (χ1) is 15.9. The van der Waals surface area contributed by atoms with Crippen LogP contribution in [-0.2, 0) is 15.9 Å². The predicted octanol–water partition coefficient (Wildman–Crippen LogP) is 5.06. The van der Waals surface area contributed by atoms with Crippen molar-refractivity contribution in [3.8, 4) is 23.4 Å². The van der Waals surface area contributed by atoms with Gasteiger partial charge in [-0.2, -0.15) is 18.4 Å². The number of benzene rings is 2. The number of nitrogens with zero attached hydrogens (tertiary/aromatic N) is 2. The van der Waals surface area contributed by atoms with Crippen LogP contribution in [0.4, 0.5) is 18.9 Å². The standard InChI is InChI=1S/C22H17F3N4O4S/c1-32-19-7-6-16(8-13(19)11-26)33-21-18(9-14(12-28-21)22(23,24)25)20(30)29-15-4-3-5-17(10-15)34(2,27)31/h3-10,12,27H,1-2H3,(H,29,30). The summed E-state index contributed by atoms with van der Waals surface area (Å²) in [5.74, 6) is -1.11. The third-order valence-electron chi connectivity index (χ3n) is 4.47. The van der Waals surface area contributed by atoms with Crippen molar-refractivity contribution in [3.05, 3.63) is 71.4 Å². The number of carbonyl (C=O) groups excluding carboxylic acids is 1. The molecule has 2 aromatic carbocycles. The second-order valence-electron chi connectivity index (χ2n) is 6.98. The average Bonchev–Trinajstić information content (AvgIpc) is 2.78. The van der Waals surface area contributed by atoms with Crippen molar-refractivity contribution in [2.24, 2.45) is 0 Å².